The third kappa shape index (κ3) is 16.3. The fraction of sp³-hybridized carbons (Fsp3) is 0.484. The van der Waals surface area contributed by atoms with Crippen LogP contribution in [0.4, 0.5) is 9.59 Å². The van der Waals surface area contributed by atoms with Gasteiger partial charge in [0, 0.05) is 22.6 Å². The summed E-state index contributed by atoms with van der Waals surface area (Å²) >= 11 is 2.04. The molecule has 0 heterocycles. The molecular formula is C31H42NO10PS2. The van der Waals surface area contributed by atoms with Crippen LogP contribution in [0, 0.1) is 0 Å². The monoisotopic (exact) mass is 683 g/mol. The molecule has 2 aromatic rings. The standard InChI is InChI=1S/C31H42NO10PS2/c1-30(2,3)40-28(35)32(42-29(36)41-31(4,5)6)18-13-21-43(37,38-19-22-44-26(33)24-14-9-7-10-15-24)39-20-23-45-27(34)25-16-11-8-12-17-25/h7-12,14-17H,13,18-23H2,1-6H3. The number of hydrogen-bond donors (Lipinski definition) is 0. The quantitative estimate of drug-likeness (QED) is 0.0830. The van der Waals surface area contributed by atoms with Crippen LogP contribution in [0.5, 0.6) is 0 Å². The van der Waals surface area contributed by atoms with E-state index in [0.717, 1.165) is 23.5 Å². The summed E-state index contributed by atoms with van der Waals surface area (Å²) in [6.45, 7) is 9.61. The molecule has 0 unspecified atom stereocenters. The van der Waals surface area contributed by atoms with Crippen molar-refractivity contribution >= 4 is 53.6 Å². The van der Waals surface area contributed by atoms with Crippen LogP contribution in [0.15, 0.2) is 60.7 Å². The van der Waals surface area contributed by atoms with Gasteiger partial charge in [0.1, 0.15) is 11.2 Å². The number of carbonyl (C=O) groups excluding carboxylic acids is 4. The normalized spacial score (nSPS) is 11.9. The highest BCUT2D eigenvalue weighted by atomic mass is 32.2. The molecule has 0 spiro atoms. The van der Waals surface area contributed by atoms with E-state index in [9.17, 15) is 23.7 Å². The smallest absolute Gasteiger partial charge is 0.442 e. The predicted molar refractivity (Wildman–Crippen MR) is 176 cm³/mol. The molecule has 0 aliphatic rings. The first-order chi connectivity index (χ1) is 21.1. The van der Waals surface area contributed by atoms with Gasteiger partial charge >= 0.3 is 19.8 Å². The summed E-state index contributed by atoms with van der Waals surface area (Å²) in [4.78, 5) is 55.0. The van der Waals surface area contributed by atoms with Crippen molar-refractivity contribution in [3.8, 4) is 0 Å². The molecule has 248 valence electrons. The van der Waals surface area contributed by atoms with Crippen LogP contribution >= 0.6 is 31.1 Å². The molecule has 0 saturated carbocycles. The second-order valence-electron chi connectivity index (χ2n) is 11.5. The van der Waals surface area contributed by atoms with E-state index in [0.29, 0.717) is 16.2 Å². The number of rotatable bonds is 14. The summed E-state index contributed by atoms with van der Waals surface area (Å²) in [5.41, 5.74) is -0.672. The first kappa shape index (κ1) is 38.4. The topological polar surface area (TPSA) is 135 Å². The van der Waals surface area contributed by atoms with Gasteiger partial charge in [-0.15, -0.1) is 5.06 Å². The zero-order chi connectivity index (χ0) is 33.5. The van der Waals surface area contributed by atoms with Crippen molar-refractivity contribution in [3.05, 3.63) is 71.8 Å². The molecule has 0 radical (unpaired) electrons. The van der Waals surface area contributed by atoms with Crippen molar-refractivity contribution in [2.45, 2.75) is 59.2 Å². The number of amides is 1. The molecule has 0 atom stereocenters. The summed E-state index contributed by atoms with van der Waals surface area (Å²) in [5, 5.41) is 0.392. The maximum absolute atomic E-state index is 13.7. The van der Waals surface area contributed by atoms with Gasteiger partial charge in [-0.25, -0.2) is 9.59 Å². The summed E-state index contributed by atoms with van der Waals surface area (Å²) in [5.74, 6) is 0.433. The SMILES string of the molecule is CC(C)(C)OC(=O)ON(CCCP(=O)(OCCSC(=O)c1ccccc1)OCCSC(=O)c1ccccc1)C(=O)OC(C)(C)C. The number of carbonyl (C=O) groups is 4. The summed E-state index contributed by atoms with van der Waals surface area (Å²) in [6, 6.07) is 17.5. The molecule has 2 rings (SSSR count). The Kier molecular flexibility index (Phi) is 15.6. The van der Waals surface area contributed by atoms with Crippen LogP contribution in [0.3, 0.4) is 0 Å². The number of hydroxylamine groups is 2. The second-order valence-corrected chi connectivity index (χ2v) is 15.8. The van der Waals surface area contributed by atoms with Gasteiger partial charge in [-0.1, -0.05) is 84.2 Å². The average molecular weight is 684 g/mol. The third-order valence-corrected chi connectivity index (χ3v) is 8.95. The molecule has 0 bridgehead atoms. The van der Waals surface area contributed by atoms with Gasteiger partial charge < -0.3 is 23.4 Å². The lowest BCUT2D eigenvalue weighted by Crippen LogP contribution is -2.40. The van der Waals surface area contributed by atoms with E-state index in [4.69, 9.17) is 23.4 Å². The summed E-state index contributed by atoms with van der Waals surface area (Å²) in [6.07, 6.45) is -2.16. The molecular weight excluding hydrogens is 641 g/mol. The van der Waals surface area contributed by atoms with Crippen LogP contribution in [0.1, 0.15) is 68.7 Å². The van der Waals surface area contributed by atoms with Crippen LogP contribution < -0.4 is 0 Å². The lowest BCUT2D eigenvalue weighted by Gasteiger charge is -2.27. The number of benzene rings is 2. The van der Waals surface area contributed by atoms with Gasteiger partial charge in [-0.05, 0) is 48.0 Å². The Balaban J connectivity index is 2.02. The first-order valence-corrected chi connectivity index (χ1v) is 18.0. The van der Waals surface area contributed by atoms with Gasteiger partial charge in [0.05, 0.1) is 25.9 Å². The van der Waals surface area contributed by atoms with E-state index >= 15 is 0 Å². The van der Waals surface area contributed by atoms with Crippen LogP contribution in [0.25, 0.3) is 0 Å². The highest BCUT2D eigenvalue weighted by Gasteiger charge is 2.30. The van der Waals surface area contributed by atoms with Crippen molar-refractivity contribution in [3.63, 3.8) is 0 Å². The van der Waals surface area contributed by atoms with Crippen LogP contribution in [0.2, 0.25) is 0 Å². The zero-order valence-electron chi connectivity index (χ0n) is 26.5. The number of ether oxygens (including phenoxy) is 2. The molecule has 0 saturated heterocycles. The molecule has 2 aromatic carbocycles. The Morgan fingerprint density at radius 3 is 1.58 bits per heavy atom. The minimum Gasteiger partial charge on any atom is -0.442 e. The number of thioether (sulfide) groups is 2. The molecule has 0 N–H and O–H groups in total. The Bertz CT molecular complexity index is 1230. The average Bonchev–Trinajstić information content (AvgIpc) is 2.96. The van der Waals surface area contributed by atoms with Crippen molar-refractivity contribution in [2.75, 3.05) is 37.4 Å². The highest BCUT2D eigenvalue weighted by Crippen LogP contribution is 2.49. The van der Waals surface area contributed by atoms with Gasteiger partial charge in [0.15, 0.2) is 0 Å². The zero-order valence-corrected chi connectivity index (χ0v) is 29.0. The number of nitrogens with zero attached hydrogens (tertiary/aromatic N) is 1. The van der Waals surface area contributed by atoms with E-state index in [-0.39, 0.29) is 54.1 Å². The van der Waals surface area contributed by atoms with Gasteiger partial charge in [0.25, 0.3) is 0 Å². The Morgan fingerprint density at radius 1 is 0.711 bits per heavy atom. The fourth-order valence-corrected chi connectivity index (χ4v) is 6.51. The van der Waals surface area contributed by atoms with E-state index in [1.54, 1.807) is 90.1 Å². The van der Waals surface area contributed by atoms with E-state index in [2.05, 4.69) is 0 Å². The Hall–Kier alpha value is -2.83. The van der Waals surface area contributed by atoms with Crippen molar-refractivity contribution in [2.24, 2.45) is 0 Å². The number of hydrogen-bond acceptors (Lipinski definition) is 12. The maximum Gasteiger partial charge on any atom is 0.534 e. The second kappa shape index (κ2) is 18.3. The van der Waals surface area contributed by atoms with Gasteiger partial charge in [0.2, 0.25) is 10.2 Å². The van der Waals surface area contributed by atoms with Crippen LogP contribution in [-0.4, -0.2) is 76.2 Å². The molecule has 45 heavy (non-hydrogen) atoms. The van der Waals surface area contributed by atoms with Crippen molar-refractivity contribution in [1.82, 2.24) is 5.06 Å². The van der Waals surface area contributed by atoms with Gasteiger partial charge in [-0.2, -0.15) is 0 Å². The minimum atomic E-state index is -3.78. The predicted octanol–water partition coefficient (Wildman–Crippen LogP) is 7.85. The molecule has 11 nitrogen and oxygen atoms in total. The Morgan fingerprint density at radius 2 is 1.16 bits per heavy atom. The highest BCUT2D eigenvalue weighted by molar-refractivity contribution is 8.14. The fourth-order valence-electron chi connectivity index (χ4n) is 3.36. The molecule has 14 heteroatoms. The Labute approximate surface area is 273 Å². The van der Waals surface area contributed by atoms with E-state index < -0.39 is 31.0 Å². The van der Waals surface area contributed by atoms with Crippen molar-refractivity contribution in [1.29, 1.82) is 0 Å². The molecule has 0 aliphatic carbocycles. The molecule has 0 aromatic heterocycles. The minimum absolute atomic E-state index is 0.0332. The molecule has 1 amide bonds. The first-order valence-electron chi connectivity index (χ1n) is 14.3. The van der Waals surface area contributed by atoms with E-state index in [1.165, 1.54) is 0 Å². The van der Waals surface area contributed by atoms with E-state index in [1.807, 2.05) is 12.1 Å². The molecule has 0 fully saturated rings. The lowest BCUT2D eigenvalue weighted by molar-refractivity contribution is -0.135. The largest absolute Gasteiger partial charge is 0.534 e. The van der Waals surface area contributed by atoms with Gasteiger partial charge in [-0.3, -0.25) is 14.2 Å². The third-order valence-electron chi connectivity index (χ3n) is 5.19. The van der Waals surface area contributed by atoms with Crippen molar-refractivity contribution < 1.29 is 47.1 Å². The van der Waals surface area contributed by atoms with Crippen LogP contribution in [-0.2, 0) is 27.9 Å². The molecule has 0 aliphatic heterocycles. The summed E-state index contributed by atoms with van der Waals surface area (Å²) < 4.78 is 35.6. The summed E-state index contributed by atoms with van der Waals surface area (Å²) in [7, 11) is -3.78. The maximum atomic E-state index is 13.7. The lowest BCUT2D eigenvalue weighted by atomic mass is 10.2.